The van der Waals surface area contributed by atoms with Gasteiger partial charge in [-0.15, -0.1) is 0 Å². The second-order valence-electron chi connectivity index (χ2n) is 6.12. The van der Waals surface area contributed by atoms with Gasteiger partial charge in [0.25, 0.3) is 0 Å². The fraction of sp³-hybridized carbons (Fsp3) is 0.500. The Bertz CT molecular complexity index is 854. The average Bonchev–Trinajstić information content (AvgIpc) is 3.16. The van der Waals surface area contributed by atoms with E-state index >= 15 is 0 Å². The molecular weight excluding hydrogens is 356 g/mol. The van der Waals surface area contributed by atoms with Crippen LogP contribution in [0.2, 0.25) is 0 Å². The number of carbonyl (C=O) groups excluding carboxylic acids is 2. The highest BCUT2D eigenvalue weighted by molar-refractivity contribution is 5.99. The Morgan fingerprint density at radius 3 is 2.63 bits per heavy atom. The number of aromatic nitrogens is 4. The summed E-state index contributed by atoms with van der Waals surface area (Å²) in [6.45, 7) is 7.65. The standard InChI is InChI=1S/C16H22N6O5/c1-5-20-9-12(15(19-20)16(24)27-10(2)3)17-14(23)6-7-21-11(4)8-13(18-21)22(25)26/h8-10H,5-7H2,1-4H3,(H,17,23). The van der Waals surface area contributed by atoms with Gasteiger partial charge in [-0.1, -0.05) is 0 Å². The Kier molecular flexibility index (Phi) is 6.27. The van der Waals surface area contributed by atoms with Crippen LogP contribution in [0.25, 0.3) is 0 Å². The van der Waals surface area contributed by atoms with E-state index in [1.165, 1.54) is 15.4 Å². The second-order valence-corrected chi connectivity index (χ2v) is 6.12. The average molecular weight is 378 g/mol. The lowest BCUT2D eigenvalue weighted by Gasteiger charge is -2.08. The zero-order valence-corrected chi connectivity index (χ0v) is 15.6. The van der Waals surface area contributed by atoms with Crippen molar-refractivity contribution in [2.75, 3.05) is 5.32 Å². The monoisotopic (exact) mass is 378 g/mol. The minimum atomic E-state index is -0.619. The Morgan fingerprint density at radius 1 is 1.37 bits per heavy atom. The number of esters is 1. The number of nitrogens with zero attached hydrogens (tertiary/aromatic N) is 5. The number of aryl methyl sites for hydroxylation is 3. The minimum Gasteiger partial charge on any atom is -0.458 e. The predicted octanol–water partition coefficient (Wildman–Crippen LogP) is 1.91. The molecule has 2 rings (SSSR count). The lowest BCUT2D eigenvalue weighted by molar-refractivity contribution is -0.389. The minimum absolute atomic E-state index is 0.0235. The number of hydrogen-bond acceptors (Lipinski definition) is 7. The van der Waals surface area contributed by atoms with Crippen LogP contribution in [0.5, 0.6) is 0 Å². The summed E-state index contributed by atoms with van der Waals surface area (Å²) in [6, 6.07) is 1.34. The van der Waals surface area contributed by atoms with E-state index in [0.29, 0.717) is 12.2 Å². The van der Waals surface area contributed by atoms with Crippen LogP contribution in [0.1, 0.15) is 43.4 Å². The number of nitrogens with one attached hydrogen (secondary N) is 1. The van der Waals surface area contributed by atoms with Crippen molar-refractivity contribution in [2.24, 2.45) is 0 Å². The molecule has 0 unspecified atom stereocenters. The van der Waals surface area contributed by atoms with E-state index in [0.717, 1.165) is 0 Å². The second kappa shape index (κ2) is 8.43. The number of amides is 1. The van der Waals surface area contributed by atoms with Crippen LogP contribution in [0.4, 0.5) is 11.5 Å². The number of ether oxygens (including phenoxy) is 1. The Balaban J connectivity index is 2.06. The third-order valence-corrected chi connectivity index (χ3v) is 3.60. The number of carbonyl (C=O) groups is 2. The summed E-state index contributed by atoms with van der Waals surface area (Å²) in [4.78, 5) is 34.6. The van der Waals surface area contributed by atoms with Gasteiger partial charge >= 0.3 is 11.8 Å². The smallest absolute Gasteiger partial charge is 0.390 e. The van der Waals surface area contributed by atoms with Crippen LogP contribution in [0.15, 0.2) is 12.3 Å². The molecule has 146 valence electrons. The van der Waals surface area contributed by atoms with Gasteiger partial charge in [0.1, 0.15) is 0 Å². The molecule has 0 radical (unpaired) electrons. The van der Waals surface area contributed by atoms with Crippen molar-refractivity contribution >= 4 is 23.4 Å². The summed E-state index contributed by atoms with van der Waals surface area (Å²) in [7, 11) is 0. The van der Waals surface area contributed by atoms with Crippen molar-refractivity contribution < 1.29 is 19.2 Å². The van der Waals surface area contributed by atoms with E-state index in [-0.39, 0.29) is 42.2 Å². The van der Waals surface area contributed by atoms with E-state index in [1.807, 2.05) is 6.92 Å². The summed E-state index contributed by atoms with van der Waals surface area (Å²) < 4.78 is 8.05. The first-order valence-electron chi connectivity index (χ1n) is 8.48. The van der Waals surface area contributed by atoms with Gasteiger partial charge < -0.3 is 20.2 Å². The molecule has 2 aromatic heterocycles. The summed E-state index contributed by atoms with van der Waals surface area (Å²) in [5.74, 6) is -1.26. The van der Waals surface area contributed by atoms with Crippen molar-refractivity contribution in [1.82, 2.24) is 19.6 Å². The van der Waals surface area contributed by atoms with E-state index in [2.05, 4.69) is 15.5 Å². The van der Waals surface area contributed by atoms with E-state index in [1.54, 1.807) is 27.0 Å². The molecule has 1 N–H and O–H groups in total. The van der Waals surface area contributed by atoms with Crippen LogP contribution < -0.4 is 5.32 Å². The highest BCUT2D eigenvalue weighted by Gasteiger charge is 2.21. The SMILES string of the molecule is CCn1cc(NC(=O)CCn2nc([N+](=O)[O-])cc2C)c(C(=O)OC(C)C)n1. The highest BCUT2D eigenvalue weighted by atomic mass is 16.6. The Morgan fingerprint density at radius 2 is 2.07 bits per heavy atom. The summed E-state index contributed by atoms with van der Waals surface area (Å²) in [6.07, 6.45) is 1.26. The molecule has 11 nitrogen and oxygen atoms in total. The lowest BCUT2D eigenvalue weighted by atomic mass is 10.3. The first-order chi connectivity index (χ1) is 12.7. The van der Waals surface area contributed by atoms with Crippen LogP contribution in [-0.2, 0) is 22.6 Å². The molecule has 27 heavy (non-hydrogen) atoms. The summed E-state index contributed by atoms with van der Waals surface area (Å²) in [5, 5.41) is 21.3. The molecule has 1 amide bonds. The molecule has 0 spiro atoms. The molecule has 2 heterocycles. The maximum absolute atomic E-state index is 12.3. The molecule has 0 aliphatic heterocycles. The molecule has 0 saturated carbocycles. The van der Waals surface area contributed by atoms with Gasteiger partial charge in [0, 0.05) is 19.2 Å². The Labute approximate surface area is 155 Å². The number of hydrogen-bond donors (Lipinski definition) is 1. The molecule has 0 aromatic carbocycles. The number of nitro groups is 1. The van der Waals surface area contributed by atoms with Gasteiger partial charge in [-0.25, -0.2) is 4.79 Å². The number of anilines is 1. The van der Waals surface area contributed by atoms with Crippen LogP contribution in [0, 0.1) is 17.0 Å². The molecule has 0 atom stereocenters. The van der Waals surface area contributed by atoms with Crippen molar-refractivity contribution in [2.45, 2.75) is 53.3 Å². The summed E-state index contributed by atoms with van der Waals surface area (Å²) >= 11 is 0. The van der Waals surface area contributed by atoms with Crippen molar-refractivity contribution in [1.29, 1.82) is 0 Å². The predicted molar refractivity (Wildman–Crippen MR) is 95.3 cm³/mol. The van der Waals surface area contributed by atoms with E-state index in [4.69, 9.17) is 4.74 Å². The van der Waals surface area contributed by atoms with E-state index in [9.17, 15) is 19.7 Å². The molecule has 0 bridgehead atoms. The van der Waals surface area contributed by atoms with Crippen molar-refractivity contribution in [3.8, 4) is 0 Å². The zero-order chi connectivity index (χ0) is 20.1. The molecular formula is C16H22N6O5. The number of rotatable bonds is 8. The highest BCUT2D eigenvalue weighted by Crippen LogP contribution is 2.17. The third-order valence-electron chi connectivity index (χ3n) is 3.60. The molecule has 0 fully saturated rings. The van der Waals surface area contributed by atoms with Gasteiger partial charge in [0.15, 0.2) is 5.69 Å². The first kappa shape index (κ1) is 20.1. The molecule has 0 saturated heterocycles. The Hall–Kier alpha value is -3.24. The van der Waals surface area contributed by atoms with E-state index < -0.39 is 10.9 Å². The molecule has 0 aliphatic carbocycles. The van der Waals surface area contributed by atoms with Gasteiger partial charge in [0.05, 0.1) is 35.2 Å². The van der Waals surface area contributed by atoms with Crippen molar-refractivity contribution in [3.05, 3.63) is 33.8 Å². The maximum atomic E-state index is 12.3. The zero-order valence-electron chi connectivity index (χ0n) is 15.6. The topological polar surface area (TPSA) is 134 Å². The fourth-order valence-corrected chi connectivity index (χ4v) is 2.32. The molecule has 2 aromatic rings. The molecule has 0 aliphatic rings. The largest absolute Gasteiger partial charge is 0.458 e. The third kappa shape index (κ3) is 5.12. The quantitative estimate of drug-likeness (QED) is 0.421. The fourth-order valence-electron chi connectivity index (χ4n) is 2.32. The van der Waals surface area contributed by atoms with Crippen molar-refractivity contribution in [3.63, 3.8) is 0 Å². The van der Waals surface area contributed by atoms with Crippen LogP contribution >= 0.6 is 0 Å². The van der Waals surface area contributed by atoms with Crippen LogP contribution in [0.3, 0.4) is 0 Å². The van der Waals surface area contributed by atoms with Gasteiger partial charge in [0.2, 0.25) is 5.91 Å². The summed E-state index contributed by atoms with van der Waals surface area (Å²) in [5.41, 5.74) is 0.870. The van der Waals surface area contributed by atoms with Gasteiger partial charge in [-0.05, 0) is 32.6 Å². The molecule has 11 heteroatoms. The normalized spacial score (nSPS) is 10.9. The van der Waals surface area contributed by atoms with Crippen LogP contribution in [-0.4, -0.2) is 42.5 Å². The maximum Gasteiger partial charge on any atom is 0.390 e. The lowest BCUT2D eigenvalue weighted by Crippen LogP contribution is -2.18. The van der Waals surface area contributed by atoms with Gasteiger partial charge in [-0.3, -0.25) is 9.48 Å². The van der Waals surface area contributed by atoms with Gasteiger partial charge in [-0.2, -0.15) is 9.78 Å². The first-order valence-corrected chi connectivity index (χ1v) is 8.48.